The molecule has 1 heterocycles. The molecule has 4 N–H and O–H groups in total. The second kappa shape index (κ2) is 10.6. The van der Waals surface area contributed by atoms with Crippen LogP contribution in [0.4, 0.5) is 4.79 Å². The number of hydrogen-bond donors (Lipinski definition) is 4. The van der Waals surface area contributed by atoms with Crippen LogP contribution in [0.2, 0.25) is 0 Å². The van der Waals surface area contributed by atoms with E-state index in [2.05, 4.69) is 40.2 Å². The molecule has 0 aromatic heterocycles. The van der Waals surface area contributed by atoms with Crippen LogP contribution in [0.25, 0.3) is 11.1 Å². The SMILES string of the molecule is O=C(CSCCNC(=O)OCC1c2ccccc2-c2ccccc21)NC1C(=O)NCC1C(=O)O. The summed E-state index contributed by atoms with van der Waals surface area (Å²) >= 11 is 1.26. The molecule has 0 spiro atoms. The molecule has 4 rings (SSSR count). The molecule has 0 bridgehead atoms. The van der Waals surface area contributed by atoms with Crippen LogP contribution in [0, 0.1) is 5.92 Å². The number of carboxylic acids is 1. The third kappa shape index (κ3) is 5.17. The Bertz CT molecular complexity index is 1060. The number of amides is 3. The van der Waals surface area contributed by atoms with E-state index in [0.29, 0.717) is 12.3 Å². The molecule has 2 atom stereocenters. The molecule has 1 aliphatic carbocycles. The van der Waals surface area contributed by atoms with Gasteiger partial charge in [-0.1, -0.05) is 48.5 Å². The van der Waals surface area contributed by atoms with E-state index in [9.17, 15) is 19.2 Å². The Morgan fingerprint density at radius 3 is 2.35 bits per heavy atom. The van der Waals surface area contributed by atoms with E-state index in [-0.39, 0.29) is 24.8 Å². The van der Waals surface area contributed by atoms with Crippen LogP contribution in [-0.2, 0) is 19.1 Å². The Kier molecular flexibility index (Phi) is 7.36. The first-order valence-corrected chi connectivity index (χ1v) is 12.1. The number of benzene rings is 2. The lowest BCUT2D eigenvalue weighted by molar-refractivity contribution is -0.143. The number of alkyl carbamates (subject to hydrolysis) is 1. The van der Waals surface area contributed by atoms with Crippen molar-refractivity contribution in [3.8, 4) is 11.1 Å². The second-order valence-electron chi connectivity index (χ2n) is 8.04. The van der Waals surface area contributed by atoms with Gasteiger partial charge in [-0.25, -0.2) is 4.79 Å². The summed E-state index contributed by atoms with van der Waals surface area (Å²) in [7, 11) is 0. The predicted molar refractivity (Wildman–Crippen MR) is 126 cm³/mol. The summed E-state index contributed by atoms with van der Waals surface area (Å²) in [5.41, 5.74) is 4.59. The summed E-state index contributed by atoms with van der Waals surface area (Å²) in [6, 6.07) is 15.1. The van der Waals surface area contributed by atoms with Gasteiger partial charge in [0.2, 0.25) is 11.8 Å². The van der Waals surface area contributed by atoms with E-state index < -0.39 is 35.8 Å². The lowest BCUT2D eigenvalue weighted by Gasteiger charge is -2.15. The highest BCUT2D eigenvalue weighted by atomic mass is 32.2. The Morgan fingerprint density at radius 2 is 1.71 bits per heavy atom. The second-order valence-corrected chi connectivity index (χ2v) is 9.15. The summed E-state index contributed by atoms with van der Waals surface area (Å²) in [6.07, 6.45) is -0.529. The highest BCUT2D eigenvalue weighted by Gasteiger charge is 2.40. The zero-order valence-electron chi connectivity index (χ0n) is 18.3. The summed E-state index contributed by atoms with van der Waals surface area (Å²) in [4.78, 5) is 47.1. The number of aliphatic carboxylic acids is 1. The topological polar surface area (TPSA) is 134 Å². The largest absolute Gasteiger partial charge is 0.481 e. The van der Waals surface area contributed by atoms with Gasteiger partial charge in [-0.2, -0.15) is 11.8 Å². The maximum absolute atomic E-state index is 12.2. The van der Waals surface area contributed by atoms with E-state index in [1.54, 1.807) is 0 Å². The van der Waals surface area contributed by atoms with Gasteiger partial charge in [0.15, 0.2) is 0 Å². The summed E-state index contributed by atoms with van der Waals surface area (Å²) in [6.45, 7) is 0.524. The van der Waals surface area contributed by atoms with Gasteiger partial charge in [-0.15, -0.1) is 0 Å². The minimum absolute atomic E-state index is 0.00366. The maximum Gasteiger partial charge on any atom is 0.407 e. The fraction of sp³-hybridized carbons (Fsp3) is 0.333. The van der Waals surface area contributed by atoms with Crippen molar-refractivity contribution in [2.24, 2.45) is 5.92 Å². The van der Waals surface area contributed by atoms with Crippen molar-refractivity contribution in [1.29, 1.82) is 0 Å². The van der Waals surface area contributed by atoms with E-state index in [1.807, 2.05) is 24.3 Å². The number of fused-ring (bicyclic) bond motifs is 3. The van der Waals surface area contributed by atoms with Crippen molar-refractivity contribution in [2.45, 2.75) is 12.0 Å². The highest BCUT2D eigenvalue weighted by Crippen LogP contribution is 2.44. The summed E-state index contributed by atoms with van der Waals surface area (Å²) < 4.78 is 5.46. The van der Waals surface area contributed by atoms with E-state index in [4.69, 9.17) is 9.84 Å². The number of thioether (sulfide) groups is 1. The molecule has 2 unspecified atom stereocenters. The average Bonchev–Trinajstić information content (AvgIpc) is 3.35. The van der Waals surface area contributed by atoms with Gasteiger partial charge in [-0.05, 0) is 22.3 Å². The molecule has 0 radical (unpaired) electrons. The van der Waals surface area contributed by atoms with Crippen LogP contribution in [0.1, 0.15) is 17.0 Å². The normalized spacial score (nSPS) is 18.5. The number of rotatable bonds is 9. The van der Waals surface area contributed by atoms with E-state index >= 15 is 0 Å². The first-order chi connectivity index (χ1) is 16.5. The zero-order valence-corrected chi connectivity index (χ0v) is 19.1. The fourth-order valence-corrected chi connectivity index (χ4v) is 4.93. The number of nitrogens with one attached hydrogen (secondary N) is 3. The van der Waals surface area contributed by atoms with Crippen molar-refractivity contribution in [2.75, 3.05) is 31.2 Å². The van der Waals surface area contributed by atoms with Crippen LogP contribution in [0.5, 0.6) is 0 Å². The van der Waals surface area contributed by atoms with Gasteiger partial charge in [-0.3, -0.25) is 14.4 Å². The van der Waals surface area contributed by atoms with Crippen molar-refractivity contribution in [1.82, 2.24) is 16.0 Å². The Labute approximate surface area is 200 Å². The molecule has 2 aromatic carbocycles. The monoisotopic (exact) mass is 483 g/mol. The van der Waals surface area contributed by atoms with Crippen molar-refractivity contribution in [3.05, 3.63) is 59.7 Å². The Hall–Kier alpha value is -3.53. The molecule has 34 heavy (non-hydrogen) atoms. The fourth-order valence-electron chi connectivity index (χ4n) is 4.27. The summed E-state index contributed by atoms with van der Waals surface area (Å²) in [5, 5.41) is 16.7. The van der Waals surface area contributed by atoms with Gasteiger partial charge in [0.25, 0.3) is 0 Å². The lowest BCUT2D eigenvalue weighted by Crippen LogP contribution is -2.46. The molecule has 0 saturated carbocycles. The minimum atomic E-state index is -1.14. The average molecular weight is 484 g/mol. The number of ether oxygens (including phenoxy) is 1. The van der Waals surface area contributed by atoms with E-state index in [1.165, 1.54) is 11.8 Å². The molecule has 1 fully saturated rings. The van der Waals surface area contributed by atoms with Gasteiger partial charge < -0.3 is 25.8 Å². The van der Waals surface area contributed by atoms with Crippen molar-refractivity contribution in [3.63, 3.8) is 0 Å². The van der Waals surface area contributed by atoms with Crippen molar-refractivity contribution >= 4 is 35.6 Å². The van der Waals surface area contributed by atoms with E-state index in [0.717, 1.165) is 22.3 Å². The molecule has 10 heteroatoms. The van der Waals surface area contributed by atoms with Gasteiger partial charge >= 0.3 is 12.1 Å². The quantitative estimate of drug-likeness (QED) is 0.398. The standard InChI is InChI=1S/C24H25N3O6S/c28-20(27-21-18(23(30)31)11-26-22(21)29)13-34-10-9-25-24(32)33-12-19-16-7-3-1-5-14(16)15-6-2-4-8-17(15)19/h1-8,18-19,21H,9-13H2,(H,25,32)(H,26,29)(H,27,28)(H,30,31). The lowest BCUT2D eigenvalue weighted by atomic mass is 9.98. The first-order valence-electron chi connectivity index (χ1n) is 10.9. The maximum atomic E-state index is 12.2. The summed E-state index contributed by atoms with van der Waals surface area (Å²) in [5.74, 6) is -2.56. The van der Waals surface area contributed by atoms with Gasteiger partial charge in [0.05, 0.1) is 5.75 Å². The van der Waals surface area contributed by atoms with Crippen molar-refractivity contribution < 1.29 is 29.0 Å². The number of carbonyl (C=O) groups excluding carboxylic acids is 3. The molecule has 1 saturated heterocycles. The smallest absolute Gasteiger partial charge is 0.407 e. The van der Waals surface area contributed by atoms with Crippen LogP contribution in [-0.4, -0.2) is 66.2 Å². The number of hydrogen-bond acceptors (Lipinski definition) is 6. The third-order valence-electron chi connectivity index (χ3n) is 5.91. The van der Waals surface area contributed by atoms with Gasteiger partial charge in [0, 0.05) is 24.8 Å². The minimum Gasteiger partial charge on any atom is -0.481 e. The molecule has 3 amide bonds. The zero-order chi connectivity index (χ0) is 24.1. The Morgan fingerprint density at radius 1 is 1.06 bits per heavy atom. The van der Waals surface area contributed by atoms with Crippen LogP contribution < -0.4 is 16.0 Å². The van der Waals surface area contributed by atoms with Crippen LogP contribution in [0.15, 0.2) is 48.5 Å². The predicted octanol–water partition coefficient (Wildman–Crippen LogP) is 1.57. The third-order valence-corrected chi connectivity index (χ3v) is 6.87. The molecule has 2 aliphatic rings. The highest BCUT2D eigenvalue weighted by molar-refractivity contribution is 7.99. The molecule has 1 aliphatic heterocycles. The molecule has 2 aromatic rings. The molecular formula is C24H25N3O6S. The van der Waals surface area contributed by atoms with Gasteiger partial charge in [0.1, 0.15) is 18.6 Å². The van der Waals surface area contributed by atoms with Crippen LogP contribution >= 0.6 is 11.8 Å². The van der Waals surface area contributed by atoms with Crippen LogP contribution in [0.3, 0.4) is 0 Å². The Balaban J connectivity index is 1.16. The molecular weight excluding hydrogens is 458 g/mol. The number of carboxylic acid groups (broad SMARTS) is 1. The first kappa shape index (κ1) is 23.6. The number of carbonyl (C=O) groups is 4. The molecule has 9 nitrogen and oxygen atoms in total. The molecule has 178 valence electrons.